The lowest BCUT2D eigenvalue weighted by molar-refractivity contribution is 0.597. The van der Waals surface area contributed by atoms with E-state index in [1.807, 2.05) is 0 Å². The van der Waals surface area contributed by atoms with Crippen molar-refractivity contribution in [2.24, 2.45) is 0 Å². The summed E-state index contributed by atoms with van der Waals surface area (Å²) >= 11 is 0. The highest BCUT2D eigenvalue weighted by Gasteiger charge is 2.12. The lowest BCUT2D eigenvalue weighted by Gasteiger charge is -2.02. The molecule has 0 saturated carbocycles. The van der Waals surface area contributed by atoms with Crippen LogP contribution in [0.25, 0.3) is 0 Å². The normalized spacial score (nSPS) is 12.6. The number of hydrogen-bond acceptors (Lipinski definition) is 4. The molecule has 0 fully saturated rings. The lowest BCUT2D eigenvalue weighted by Crippen LogP contribution is -2.04. The summed E-state index contributed by atoms with van der Waals surface area (Å²) in [5, 5.41) is 0. The summed E-state index contributed by atoms with van der Waals surface area (Å²) in [6.45, 7) is 1.55. The van der Waals surface area contributed by atoms with Crippen LogP contribution in [-0.4, -0.2) is 22.6 Å². The molecule has 7 heteroatoms. The van der Waals surface area contributed by atoms with Crippen LogP contribution in [0, 0.1) is 0 Å². The van der Waals surface area contributed by atoms with E-state index in [9.17, 15) is 16.8 Å². The van der Waals surface area contributed by atoms with Crippen molar-refractivity contribution in [2.75, 3.05) is 5.75 Å². The second-order valence-electron chi connectivity index (χ2n) is 3.23. The number of rotatable bonds is 4. The van der Waals surface area contributed by atoms with Crippen LogP contribution >= 0.6 is 10.7 Å². The van der Waals surface area contributed by atoms with E-state index in [1.54, 1.807) is 6.92 Å². The molecule has 16 heavy (non-hydrogen) atoms. The van der Waals surface area contributed by atoms with Gasteiger partial charge in [0.1, 0.15) is 0 Å². The number of sulfone groups is 1. The maximum atomic E-state index is 11.5. The predicted octanol–water partition coefficient (Wildman–Crippen LogP) is 1.55. The molecule has 0 unspecified atom stereocenters. The van der Waals surface area contributed by atoms with E-state index in [-0.39, 0.29) is 16.4 Å². The van der Waals surface area contributed by atoms with Crippen LogP contribution in [0.15, 0.2) is 29.2 Å². The second-order valence-corrected chi connectivity index (χ2v) is 8.29. The van der Waals surface area contributed by atoms with Crippen LogP contribution in [0.3, 0.4) is 0 Å². The smallest absolute Gasteiger partial charge is 0.224 e. The van der Waals surface area contributed by atoms with Gasteiger partial charge in [0.25, 0.3) is 0 Å². The molecule has 1 aromatic carbocycles. The highest BCUT2D eigenvalue weighted by molar-refractivity contribution is 8.13. The van der Waals surface area contributed by atoms with Crippen LogP contribution in [0.1, 0.15) is 12.5 Å². The molecule has 0 N–H and O–H groups in total. The Balaban J connectivity index is 3.01. The Kier molecular flexibility index (Phi) is 3.98. The topological polar surface area (TPSA) is 68.3 Å². The minimum Gasteiger partial charge on any atom is -0.224 e. The summed E-state index contributed by atoms with van der Waals surface area (Å²) in [7, 11) is -1.77. The average Bonchev–Trinajstić information content (AvgIpc) is 2.16. The van der Waals surface area contributed by atoms with E-state index < -0.39 is 18.9 Å². The van der Waals surface area contributed by atoms with E-state index in [0.29, 0.717) is 5.56 Å². The molecular formula is C9H11ClO4S2. The van der Waals surface area contributed by atoms with E-state index in [2.05, 4.69) is 0 Å². The van der Waals surface area contributed by atoms with Gasteiger partial charge in [0, 0.05) is 10.7 Å². The molecule has 0 aliphatic carbocycles. The van der Waals surface area contributed by atoms with Gasteiger partial charge in [-0.2, -0.15) is 0 Å². The van der Waals surface area contributed by atoms with Gasteiger partial charge in [0.2, 0.25) is 9.05 Å². The zero-order chi connectivity index (χ0) is 12.4. The molecule has 90 valence electrons. The molecule has 0 aliphatic rings. The van der Waals surface area contributed by atoms with E-state index >= 15 is 0 Å². The van der Waals surface area contributed by atoms with Gasteiger partial charge in [0.15, 0.2) is 9.84 Å². The largest absolute Gasteiger partial charge is 0.236 e. The Hall–Kier alpha value is -0.590. The Morgan fingerprint density at radius 2 is 1.56 bits per heavy atom. The number of halogens is 1. The quantitative estimate of drug-likeness (QED) is 0.786. The van der Waals surface area contributed by atoms with Crippen molar-refractivity contribution >= 4 is 29.6 Å². The highest BCUT2D eigenvalue weighted by atomic mass is 35.7. The Bertz CT molecular complexity index is 558. The molecule has 0 atom stereocenters. The fraction of sp³-hybridized carbons (Fsp3) is 0.333. The van der Waals surface area contributed by atoms with E-state index in [0.717, 1.165) is 0 Å². The van der Waals surface area contributed by atoms with Crippen molar-refractivity contribution in [3.63, 3.8) is 0 Å². The number of hydrogen-bond donors (Lipinski definition) is 0. The van der Waals surface area contributed by atoms with Crippen molar-refractivity contribution in [2.45, 2.75) is 17.6 Å². The third kappa shape index (κ3) is 3.77. The summed E-state index contributed by atoms with van der Waals surface area (Å²) in [5.41, 5.74) is 0.463. The third-order valence-electron chi connectivity index (χ3n) is 2.00. The Labute approximate surface area is 99.6 Å². The molecule has 0 aromatic heterocycles. The van der Waals surface area contributed by atoms with Crippen LogP contribution < -0.4 is 0 Å². The van der Waals surface area contributed by atoms with Gasteiger partial charge in [-0.05, 0) is 17.7 Å². The highest BCUT2D eigenvalue weighted by Crippen LogP contribution is 2.15. The molecule has 1 aromatic rings. The molecule has 0 radical (unpaired) electrons. The van der Waals surface area contributed by atoms with Crippen LogP contribution in [0.5, 0.6) is 0 Å². The first kappa shape index (κ1) is 13.5. The second kappa shape index (κ2) is 4.73. The molecule has 0 aliphatic heterocycles. The molecule has 0 amide bonds. The van der Waals surface area contributed by atoms with Crippen LogP contribution in [0.4, 0.5) is 0 Å². The maximum Gasteiger partial charge on any atom is 0.236 e. The summed E-state index contributed by atoms with van der Waals surface area (Å²) in [5.74, 6) is -0.291. The van der Waals surface area contributed by atoms with Gasteiger partial charge in [-0.1, -0.05) is 19.1 Å². The lowest BCUT2D eigenvalue weighted by atomic mass is 10.2. The first-order valence-corrected chi connectivity index (χ1v) is 8.62. The number of benzene rings is 1. The summed E-state index contributed by atoms with van der Waals surface area (Å²) in [6.07, 6.45) is 0. The molecule has 1 rings (SSSR count). The van der Waals surface area contributed by atoms with Crippen molar-refractivity contribution in [3.05, 3.63) is 29.8 Å². The maximum absolute atomic E-state index is 11.5. The third-order valence-corrected chi connectivity index (χ3v) is 4.76. The van der Waals surface area contributed by atoms with Gasteiger partial charge < -0.3 is 0 Å². The molecule has 0 spiro atoms. The molecule has 0 bridgehead atoms. The van der Waals surface area contributed by atoms with E-state index in [4.69, 9.17) is 10.7 Å². The predicted molar refractivity (Wildman–Crippen MR) is 62.6 cm³/mol. The van der Waals surface area contributed by atoms with Gasteiger partial charge in [0.05, 0.1) is 16.4 Å². The summed E-state index contributed by atoms with van der Waals surface area (Å²) in [6, 6.07) is 5.66. The van der Waals surface area contributed by atoms with Gasteiger partial charge in [-0.15, -0.1) is 0 Å². The summed E-state index contributed by atoms with van der Waals surface area (Å²) < 4.78 is 44.5. The molecule has 0 saturated heterocycles. The average molecular weight is 283 g/mol. The first-order chi connectivity index (χ1) is 7.24. The van der Waals surface area contributed by atoms with Crippen LogP contribution in [0.2, 0.25) is 0 Å². The van der Waals surface area contributed by atoms with Gasteiger partial charge in [-0.3, -0.25) is 0 Å². The van der Waals surface area contributed by atoms with Crippen molar-refractivity contribution in [1.82, 2.24) is 0 Å². The SMILES string of the molecule is CCS(=O)(=O)c1ccc(CS(=O)(=O)Cl)cc1. The van der Waals surface area contributed by atoms with E-state index in [1.165, 1.54) is 24.3 Å². The fourth-order valence-corrected chi connectivity index (χ4v) is 3.01. The van der Waals surface area contributed by atoms with Crippen molar-refractivity contribution in [3.8, 4) is 0 Å². The van der Waals surface area contributed by atoms with Crippen molar-refractivity contribution in [1.29, 1.82) is 0 Å². The molecule has 0 heterocycles. The van der Waals surface area contributed by atoms with Gasteiger partial charge >= 0.3 is 0 Å². The standard InChI is InChI=1S/C9H11ClO4S2/c1-2-15(11,12)9-5-3-8(4-6-9)7-16(10,13)14/h3-6H,2,7H2,1H3. The van der Waals surface area contributed by atoms with Gasteiger partial charge in [-0.25, -0.2) is 16.8 Å². The molecule has 4 nitrogen and oxygen atoms in total. The summed E-state index contributed by atoms with van der Waals surface area (Å²) in [4.78, 5) is 0.186. The monoisotopic (exact) mass is 282 g/mol. The zero-order valence-corrected chi connectivity index (χ0v) is 10.9. The Morgan fingerprint density at radius 3 is 1.94 bits per heavy atom. The first-order valence-electron chi connectivity index (χ1n) is 4.48. The van der Waals surface area contributed by atoms with Crippen molar-refractivity contribution < 1.29 is 16.8 Å². The molecular weight excluding hydrogens is 272 g/mol. The zero-order valence-electron chi connectivity index (χ0n) is 8.55. The Morgan fingerprint density at radius 1 is 1.06 bits per heavy atom. The fourth-order valence-electron chi connectivity index (χ4n) is 1.16. The minimum atomic E-state index is -3.61. The van der Waals surface area contributed by atoms with Crippen LogP contribution in [-0.2, 0) is 24.6 Å². The minimum absolute atomic E-state index is 0.0140.